The molecule has 4 nitrogen and oxygen atoms in total. The SMILES string of the molecule is CNC(=O)C1CCN(C(=O)c2ccc(Cl)c(Cl)c2)CC1. The van der Waals surface area contributed by atoms with Crippen LogP contribution >= 0.6 is 23.2 Å². The fourth-order valence-electron chi connectivity index (χ4n) is 2.36. The molecule has 0 aliphatic carbocycles. The second-order valence-corrected chi connectivity index (χ2v) is 5.62. The van der Waals surface area contributed by atoms with Crippen LogP contribution in [0.15, 0.2) is 18.2 Å². The minimum absolute atomic E-state index is 0.00199. The van der Waals surface area contributed by atoms with Gasteiger partial charge in [0.15, 0.2) is 0 Å². The number of rotatable bonds is 2. The summed E-state index contributed by atoms with van der Waals surface area (Å²) in [5, 5.41) is 3.45. The summed E-state index contributed by atoms with van der Waals surface area (Å²) in [4.78, 5) is 25.6. The van der Waals surface area contributed by atoms with Crippen LogP contribution < -0.4 is 5.32 Å². The molecule has 0 unspecified atom stereocenters. The summed E-state index contributed by atoms with van der Waals surface area (Å²) in [6, 6.07) is 4.87. The predicted molar refractivity (Wildman–Crippen MR) is 79.2 cm³/mol. The Labute approximate surface area is 128 Å². The van der Waals surface area contributed by atoms with Gasteiger partial charge in [0, 0.05) is 31.6 Å². The highest BCUT2D eigenvalue weighted by Gasteiger charge is 2.27. The van der Waals surface area contributed by atoms with E-state index in [1.54, 1.807) is 30.1 Å². The molecule has 0 radical (unpaired) electrons. The van der Waals surface area contributed by atoms with Crippen LogP contribution in [0.4, 0.5) is 0 Å². The lowest BCUT2D eigenvalue weighted by Gasteiger charge is -2.31. The average Bonchev–Trinajstić information content (AvgIpc) is 2.48. The highest BCUT2D eigenvalue weighted by Crippen LogP contribution is 2.24. The number of benzene rings is 1. The molecule has 1 aromatic rings. The van der Waals surface area contributed by atoms with Crippen molar-refractivity contribution in [1.29, 1.82) is 0 Å². The molecule has 0 saturated carbocycles. The zero-order valence-corrected chi connectivity index (χ0v) is 12.7. The van der Waals surface area contributed by atoms with E-state index < -0.39 is 0 Å². The van der Waals surface area contributed by atoms with Gasteiger partial charge in [-0.25, -0.2) is 0 Å². The number of nitrogens with one attached hydrogen (secondary N) is 1. The summed E-state index contributed by atoms with van der Waals surface area (Å²) in [5.74, 6) is -0.0246. The molecule has 1 heterocycles. The summed E-state index contributed by atoms with van der Waals surface area (Å²) in [6.07, 6.45) is 1.37. The van der Waals surface area contributed by atoms with Gasteiger partial charge in [0.1, 0.15) is 0 Å². The molecule has 6 heteroatoms. The van der Waals surface area contributed by atoms with Crippen LogP contribution in [-0.2, 0) is 4.79 Å². The quantitative estimate of drug-likeness (QED) is 0.912. The van der Waals surface area contributed by atoms with E-state index in [9.17, 15) is 9.59 Å². The first-order valence-corrected chi connectivity index (χ1v) is 7.24. The van der Waals surface area contributed by atoms with E-state index in [-0.39, 0.29) is 17.7 Å². The Morgan fingerprint density at radius 3 is 2.40 bits per heavy atom. The van der Waals surface area contributed by atoms with Crippen LogP contribution in [-0.4, -0.2) is 36.9 Å². The van der Waals surface area contributed by atoms with Crippen LogP contribution in [0.2, 0.25) is 10.0 Å². The van der Waals surface area contributed by atoms with E-state index in [0.29, 0.717) is 41.5 Å². The van der Waals surface area contributed by atoms with Gasteiger partial charge in [-0.05, 0) is 31.0 Å². The van der Waals surface area contributed by atoms with Crippen LogP contribution in [0.3, 0.4) is 0 Å². The van der Waals surface area contributed by atoms with Crippen LogP contribution in [0.25, 0.3) is 0 Å². The maximum atomic E-state index is 12.3. The fourth-order valence-corrected chi connectivity index (χ4v) is 2.66. The summed E-state index contributed by atoms with van der Waals surface area (Å²) < 4.78 is 0. The topological polar surface area (TPSA) is 49.4 Å². The molecule has 20 heavy (non-hydrogen) atoms. The van der Waals surface area contributed by atoms with E-state index in [1.807, 2.05) is 0 Å². The number of likely N-dealkylation sites (tertiary alicyclic amines) is 1. The largest absolute Gasteiger partial charge is 0.359 e. The van der Waals surface area contributed by atoms with Gasteiger partial charge >= 0.3 is 0 Å². The minimum Gasteiger partial charge on any atom is -0.359 e. The van der Waals surface area contributed by atoms with Crippen molar-refractivity contribution in [1.82, 2.24) is 10.2 Å². The molecular formula is C14H16Cl2N2O2. The first-order chi connectivity index (χ1) is 9.52. The molecule has 0 spiro atoms. The van der Waals surface area contributed by atoms with Gasteiger partial charge < -0.3 is 10.2 Å². The van der Waals surface area contributed by atoms with Crippen molar-refractivity contribution >= 4 is 35.0 Å². The molecule has 0 aromatic heterocycles. The molecule has 0 bridgehead atoms. The van der Waals surface area contributed by atoms with Crippen molar-refractivity contribution in [3.63, 3.8) is 0 Å². The third-order valence-electron chi connectivity index (χ3n) is 3.57. The molecule has 1 aliphatic rings. The fraction of sp³-hybridized carbons (Fsp3) is 0.429. The number of hydrogen-bond donors (Lipinski definition) is 1. The zero-order chi connectivity index (χ0) is 14.7. The highest BCUT2D eigenvalue weighted by molar-refractivity contribution is 6.42. The minimum atomic E-state index is -0.0704. The normalized spacial score (nSPS) is 16.1. The van der Waals surface area contributed by atoms with Gasteiger partial charge in [0.2, 0.25) is 5.91 Å². The van der Waals surface area contributed by atoms with E-state index >= 15 is 0 Å². The van der Waals surface area contributed by atoms with E-state index in [4.69, 9.17) is 23.2 Å². The van der Waals surface area contributed by atoms with Crippen molar-refractivity contribution in [2.45, 2.75) is 12.8 Å². The number of halogens is 2. The van der Waals surface area contributed by atoms with Gasteiger partial charge in [0.25, 0.3) is 5.91 Å². The Morgan fingerprint density at radius 2 is 1.85 bits per heavy atom. The second-order valence-electron chi connectivity index (χ2n) is 4.81. The lowest BCUT2D eigenvalue weighted by Crippen LogP contribution is -2.42. The van der Waals surface area contributed by atoms with Gasteiger partial charge in [-0.2, -0.15) is 0 Å². The molecule has 1 N–H and O–H groups in total. The number of piperidine rings is 1. The molecule has 1 saturated heterocycles. The lowest BCUT2D eigenvalue weighted by atomic mass is 9.95. The van der Waals surface area contributed by atoms with Crippen molar-refractivity contribution in [3.8, 4) is 0 Å². The van der Waals surface area contributed by atoms with Gasteiger partial charge in [0.05, 0.1) is 10.0 Å². The Balaban J connectivity index is 2.01. The van der Waals surface area contributed by atoms with Gasteiger partial charge in [-0.15, -0.1) is 0 Å². The molecule has 2 amide bonds. The third-order valence-corrected chi connectivity index (χ3v) is 4.30. The summed E-state index contributed by atoms with van der Waals surface area (Å²) in [5.41, 5.74) is 0.526. The Hall–Kier alpha value is -1.26. The first-order valence-electron chi connectivity index (χ1n) is 6.49. The number of carbonyl (C=O) groups is 2. The van der Waals surface area contributed by atoms with Crippen molar-refractivity contribution in [3.05, 3.63) is 33.8 Å². The molecule has 1 aromatic carbocycles. The molecule has 0 atom stereocenters. The number of carbonyl (C=O) groups excluding carboxylic acids is 2. The lowest BCUT2D eigenvalue weighted by molar-refractivity contribution is -0.125. The Kier molecular flexibility index (Phi) is 4.89. The van der Waals surface area contributed by atoms with E-state index in [0.717, 1.165) is 0 Å². The zero-order valence-electron chi connectivity index (χ0n) is 11.2. The summed E-state index contributed by atoms with van der Waals surface area (Å²) in [6.45, 7) is 1.16. The standard InChI is InChI=1S/C14H16Cl2N2O2/c1-17-13(19)9-4-6-18(7-5-9)14(20)10-2-3-11(15)12(16)8-10/h2-3,8-9H,4-7H2,1H3,(H,17,19). The Bertz CT molecular complexity index is 526. The molecule has 108 valence electrons. The molecule has 1 aliphatic heterocycles. The smallest absolute Gasteiger partial charge is 0.253 e. The molecule has 1 fully saturated rings. The third kappa shape index (κ3) is 3.25. The average molecular weight is 315 g/mol. The highest BCUT2D eigenvalue weighted by atomic mass is 35.5. The first kappa shape index (κ1) is 15.1. The van der Waals surface area contributed by atoms with Gasteiger partial charge in [-0.1, -0.05) is 23.2 Å². The van der Waals surface area contributed by atoms with Crippen molar-refractivity contribution < 1.29 is 9.59 Å². The monoisotopic (exact) mass is 314 g/mol. The summed E-state index contributed by atoms with van der Waals surface area (Å²) >= 11 is 11.8. The van der Waals surface area contributed by atoms with Crippen LogP contribution in [0.1, 0.15) is 23.2 Å². The maximum Gasteiger partial charge on any atom is 0.253 e. The number of hydrogen-bond acceptors (Lipinski definition) is 2. The van der Waals surface area contributed by atoms with Gasteiger partial charge in [-0.3, -0.25) is 9.59 Å². The van der Waals surface area contributed by atoms with E-state index in [2.05, 4.69) is 5.32 Å². The van der Waals surface area contributed by atoms with Crippen molar-refractivity contribution in [2.24, 2.45) is 5.92 Å². The molecular weight excluding hydrogens is 299 g/mol. The van der Waals surface area contributed by atoms with E-state index in [1.165, 1.54) is 0 Å². The number of amides is 2. The number of nitrogens with zero attached hydrogens (tertiary/aromatic N) is 1. The van der Waals surface area contributed by atoms with Crippen LogP contribution in [0, 0.1) is 5.92 Å². The maximum absolute atomic E-state index is 12.3. The second kappa shape index (κ2) is 6.46. The molecule has 2 rings (SSSR count). The predicted octanol–water partition coefficient (Wildman–Crippen LogP) is 2.59. The van der Waals surface area contributed by atoms with Crippen LogP contribution in [0.5, 0.6) is 0 Å². The summed E-state index contributed by atoms with van der Waals surface area (Å²) in [7, 11) is 1.63. The van der Waals surface area contributed by atoms with Crippen molar-refractivity contribution in [2.75, 3.05) is 20.1 Å². The Morgan fingerprint density at radius 1 is 1.20 bits per heavy atom.